The van der Waals surface area contributed by atoms with Gasteiger partial charge in [0.2, 0.25) is 0 Å². The van der Waals surface area contributed by atoms with E-state index in [9.17, 15) is 0 Å². The average Bonchev–Trinajstić information content (AvgIpc) is 2.61. The van der Waals surface area contributed by atoms with Gasteiger partial charge in [0.25, 0.3) is 0 Å². The Morgan fingerprint density at radius 1 is 1.57 bits per heavy atom. The van der Waals surface area contributed by atoms with Crippen LogP contribution in [0.4, 0.5) is 0 Å². The molecule has 0 radical (unpaired) electrons. The number of rotatable bonds is 3. The van der Waals surface area contributed by atoms with Crippen molar-refractivity contribution in [2.45, 2.75) is 46.1 Å². The van der Waals surface area contributed by atoms with Crippen LogP contribution < -0.4 is 0 Å². The largest absolute Gasteiger partial charge is 0.335 e. The third kappa shape index (κ3) is 2.17. The van der Waals surface area contributed by atoms with Crippen molar-refractivity contribution in [1.82, 2.24) is 9.55 Å². The molecular weight excluding hydrogens is 172 g/mol. The second kappa shape index (κ2) is 4.16. The summed E-state index contributed by atoms with van der Waals surface area (Å²) in [5.74, 6) is 3.02. The summed E-state index contributed by atoms with van der Waals surface area (Å²) in [6, 6.07) is 0. The normalized spacial score (nSPS) is 21.2. The van der Waals surface area contributed by atoms with Gasteiger partial charge in [-0.05, 0) is 24.7 Å². The molecule has 2 heteroatoms. The zero-order valence-corrected chi connectivity index (χ0v) is 9.24. The fraction of sp³-hybridized carbons (Fsp3) is 0.750. The molecule has 14 heavy (non-hydrogen) atoms. The van der Waals surface area contributed by atoms with Crippen molar-refractivity contribution in [3.05, 3.63) is 18.2 Å². The first-order valence-corrected chi connectivity index (χ1v) is 5.75. The van der Waals surface area contributed by atoms with Crippen LogP contribution in [0.3, 0.4) is 0 Å². The molecular formula is C12H20N2. The van der Waals surface area contributed by atoms with Gasteiger partial charge < -0.3 is 4.57 Å². The van der Waals surface area contributed by atoms with Crippen LogP contribution in [0.25, 0.3) is 0 Å². The van der Waals surface area contributed by atoms with Crippen LogP contribution in [0.15, 0.2) is 12.4 Å². The summed E-state index contributed by atoms with van der Waals surface area (Å²) in [4.78, 5) is 4.40. The highest BCUT2D eigenvalue weighted by molar-refractivity contribution is 4.97. The van der Waals surface area contributed by atoms with Crippen LogP contribution in [-0.4, -0.2) is 9.55 Å². The highest BCUT2D eigenvalue weighted by Crippen LogP contribution is 2.24. The minimum absolute atomic E-state index is 0.844. The predicted molar refractivity (Wildman–Crippen MR) is 58.1 cm³/mol. The van der Waals surface area contributed by atoms with Gasteiger partial charge >= 0.3 is 0 Å². The van der Waals surface area contributed by atoms with Gasteiger partial charge in [-0.3, -0.25) is 0 Å². The van der Waals surface area contributed by atoms with Crippen LogP contribution in [0, 0.1) is 11.8 Å². The van der Waals surface area contributed by atoms with Gasteiger partial charge in [-0.15, -0.1) is 0 Å². The number of hydrogen-bond donors (Lipinski definition) is 0. The molecule has 0 bridgehead atoms. The standard InChI is InChI=1S/C12H20N2/c1-10(2)3-4-11-5-7-14-8-6-13-12(14)9-11/h6,8,10-11H,3-5,7,9H2,1-2H3. The Bertz CT molecular complexity index is 288. The Morgan fingerprint density at radius 3 is 3.21 bits per heavy atom. The van der Waals surface area contributed by atoms with E-state index in [1.54, 1.807) is 0 Å². The number of hydrogen-bond acceptors (Lipinski definition) is 1. The van der Waals surface area contributed by atoms with Gasteiger partial charge in [-0.1, -0.05) is 20.3 Å². The van der Waals surface area contributed by atoms with E-state index >= 15 is 0 Å². The predicted octanol–water partition coefficient (Wildman–Crippen LogP) is 2.88. The number of aromatic nitrogens is 2. The zero-order chi connectivity index (χ0) is 9.97. The van der Waals surface area contributed by atoms with Crippen LogP contribution >= 0.6 is 0 Å². The van der Waals surface area contributed by atoms with Gasteiger partial charge in [0.05, 0.1) is 0 Å². The summed E-state index contributed by atoms with van der Waals surface area (Å²) in [7, 11) is 0. The maximum Gasteiger partial charge on any atom is 0.108 e. The Hall–Kier alpha value is -0.790. The summed E-state index contributed by atoms with van der Waals surface area (Å²) in [6.07, 6.45) is 9.32. The van der Waals surface area contributed by atoms with Crippen molar-refractivity contribution < 1.29 is 0 Å². The third-order valence-electron chi connectivity index (χ3n) is 3.20. The summed E-state index contributed by atoms with van der Waals surface area (Å²) < 4.78 is 2.30. The summed E-state index contributed by atoms with van der Waals surface area (Å²) in [5, 5.41) is 0. The summed E-state index contributed by atoms with van der Waals surface area (Å²) in [5.41, 5.74) is 0. The minimum Gasteiger partial charge on any atom is -0.335 e. The van der Waals surface area contributed by atoms with Gasteiger partial charge in [0.1, 0.15) is 5.82 Å². The minimum atomic E-state index is 0.844. The van der Waals surface area contributed by atoms with E-state index in [2.05, 4.69) is 29.6 Å². The van der Waals surface area contributed by atoms with Crippen molar-refractivity contribution in [3.8, 4) is 0 Å². The first-order valence-electron chi connectivity index (χ1n) is 5.75. The van der Waals surface area contributed by atoms with Crippen LogP contribution in [0.2, 0.25) is 0 Å². The van der Waals surface area contributed by atoms with Gasteiger partial charge in [-0.25, -0.2) is 4.98 Å². The fourth-order valence-electron chi connectivity index (χ4n) is 2.23. The molecule has 78 valence electrons. The second-order valence-corrected chi connectivity index (χ2v) is 4.87. The molecule has 1 aliphatic rings. The monoisotopic (exact) mass is 192 g/mol. The fourth-order valence-corrected chi connectivity index (χ4v) is 2.23. The van der Waals surface area contributed by atoms with Gasteiger partial charge in [0.15, 0.2) is 0 Å². The molecule has 1 aromatic rings. The van der Waals surface area contributed by atoms with Crippen molar-refractivity contribution in [2.24, 2.45) is 11.8 Å². The van der Waals surface area contributed by atoms with E-state index < -0.39 is 0 Å². The lowest BCUT2D eigenvalue weighted by Gasteiger charge is -2.23. The van der Waals surface area contributed by atoms with E-state index in [1.165, 1.54) is 38.1 Å². The Kier molecular flexibility index (Phi) is 2.90. The van der Waals surface area contributed by atoms with Gasteiger partial charge in [-0.2, -0.15) is 0 Å². The molecule has 0 fully saturated rings. The van der Waals surface area contributed by atoms with E-state index in [1.807, 2.05) is 6.20 Å². The van der Waals surface area contributed by atoms with Crippen LogP contribution in [0.5, 0.6) is 0 Å². The highest BCUT2D eigenvalue weighted by atomic mass is 15.1. The lowest BCUT2D eigenvalue weighted by molar-refractivity contribution is 0.336. The Morgan fingerprint density at radius 2 is 2.43 bits per heavy atom. The highest BCUT2D eigenvalue weighted by Gasteiger charge is 2.18. The van der Waals surface area contributed by atoms with E-state index in [0.29, 0.717) is 0 Å². The number of nitrogens with zero attached hydrogens (tertiary/aromatic N) is 2. The molecule has 1 aliphatic heterocycles. The van der Waals surface area contributed by atoms with E-state index in [0.717, 1.165) is 11.8 Å². The Labute approximate surface area is 86.3 Å². The lowest BCUT2D eigenvalue weighted by atomic mass is 9.90. The first-order chi connectivity index (χ1) is 6.75. The first kappa shape index (κ1) is 9.75. The van der Waals surface area contributed by atoms with Crippen LogP contribution in [0.1, 0.15) is 38.9 Å². The molecule has 0 aliphatic carbocycles. The topological polar surface area (TPSA) is 17.8 Å². The van der Waals surface area contributed by atoms with Crippen LogP contribution in [-0.2, 0) is 13.0 Å². The molecule has 1 aromatic heterocycles. The summed E-state index contributed by atoms with van der Waals surface area (Å²) in [6.45, 7) is 5.80. The second-order valence-electron chi connectivity index (χ2n) is 4.87. The smallest absolute Gasteiger partial charge is 0.108 e. The van der Waals surface area contributed by atoms with E-state index in [-0.39, 0.29) is 0 Å². The number of imidazole rings is 1. The van der Waals surface area contributed by atoms with Crippen molar-refractivity contribution in [1.29, 1.82) is 0 Å². The molecule has 0 spiro atoms. The average molecular weight is 192 g/mol. The maximum atomic E-state index is 4.40. The summed E-state index contributed by atoms with van der Waals surface area (Å²) >= 11 is 0. The molecule has 0 aromatic carbocycles. The van der Waals surface area contributed by atoms with Crippen molar-refractivity contribution >= 4 is 0 Å². The third-order valence-corrected chi connectivity index (χ3v) is 3.20. The van der Waals surface area contributed by atoms with E-state index in [4.69, 9.17) is 0 Å². The number of aryl methyl sites for hydroxylation is 1. The molecule has 2 nitrogen and oxygen atoms in total. The van der Waals surface area contributed by atoms with Crippen molar-refractivity contribution in [3.63, 3.8) is 0 Å². The lowest BCUT2D eigenvalue weighted by Crippen LogP contribution is -2.19. The van der Waals surface area contributed by atoms with Crippen molar-refractivity contribution in [2.75, 3.05) is 0 Å². The SMILES string of the molecule is CC(C)CCC1CCn2ccnc2C1. The quantitative estimate of drug-likeness (QED) is 0.720. The molecule has 0 saturated carbocycles. The molecule has 0 amide bonds. The molecule has 0 N–H and O–H groups in total. The molecule has 2 rings (SSSR count). The van der Waals surface area contributed by atoms with Gasteiger partial charge in [0, 0.05) is 25.4 Å². The zero-order valence-electron chi connectivity index (χ0n) is 9.24. The molecule has 2 heterocycles. The number of fused-ring (bicyclic) bond motifs is 1. The molecule has 1 unspecified atom stereocenters. The Balaban J connectivity index is 1.88. The maximum absolute atomic E-state index is 4.40. The molecule has 1 atom stereocenters. The molecule has 0 saturated heterocycles.